The Morgan fingerprint density at radius 2 is 1.71 bits per heavy atom. The van der Waals surface area contributed by atoms with Gasteiger partial charge in [-0.15, -0.1) is 0 Å². The fourth-order valence-corrected chi connectivity index (χ4v) is 1.70. The van der Waals surface area contributed by atoms with Crippen LogP contribution in [0.15, 0.2) is 29.4 Å². The van der Waals surface area contributed by atoms with Gasteiger partial charge < -0.3 is 21.4 Å². The molecule has 0 aliphatic heterocycles. The molecule has 0 saturated carbocycles. The highest BCUT2D eigenvalue weighted by atomic mass is 16.7. The summed E-state index contributed by atoms with van der Waals surface area (Å²) in [6, 6.07) is 7.28. The Morgan fingerprint density at radius 3 is 2.14 bits per heavy atom. The largest absolute Gasteiger partial charge is 0.380 e. The van der Waals surface area contributed by atoms with Gasteiger partial charge in [-0.3, -0.25) is 0 Å². The second kappa shape index (κ2) is 6.91. The van der Waals surface area contributed by atoms with Crippen molar-refractivity contribution in [2.45, 2.75) is 52.4 Å². The molecule has 1 rings (SSSR count). The summed E-state index contributed by atoms with van der Waals surface area (Å²) in [5.74, 6) is 0.299. The monoisotopic (exact) mass is 293 g/mol. The molecule has 5 nitrogen and oxygen atoms in total. The van der Waals surface area contributed by atoms with Crippen molar-refractivity contribution >= 4 is 5.84 Å². The van der Waals surface area contributed by atoms with E-state index >= 15 is 0 Å². The Bertz CT molecular complexity index is 475. The molecule has 1 unspecified atom stereocenters. The van der Waals surface area contributed by atoms with Crippen molar-refractivity contribution in [3.05, 3.63) is 35.4 Å². The summed E-state index contributed by atoms with van der Waals surface area (Å²) in [5, 5.41) is 13.5. The lowest BCUT2D eigenvalue weighted by molar-refractivity contribution is -0.119. The van der Waals surface area contributed by atoms with Gasteiger partial charge in [0, 0.05) is 5.56 Å². The Morgan fingerprint density at radius 1 is 1.19 bits per heavy atom. The first kappa shape index (κ1) is 17.5. The minimum absolute atomic E-state index is 0.0845. The van der Waals surface area contributed by atoms with Crippen LogP contribution in [0.2, 0.25) is 0 Å². The van der Waals surface area contributed by atoms with Gasteiger partial charge in [-0.25, -0.2) is 0 Å². The lowest BCUT2D eigenvalue weighted by Crippen LogP contribution is -2.40. The summed E-state index contributed by atoms with van der Waals surface area (Å²) in [4.78, 5) is 4.97. The third-order valence-corrected chi connectivity index (χ3v) is 3.40. The second-order valence-electron chi connectivity index (χ2n) is 6.62. The topological polar surface area (TPSA) is 93.9 Å². The van der Waals surface area contributed by atoms with E-state index in [2.05, 4.69) is 25.9 Å². The van der Waals surface area contributed by atoms with Crippen LogP contribution in [-0.4, -0.2) is 23.3 Å². The number of hydrogen-bond acceptors (Lipinski definition) is 4. The van der Waals surface area contributed by atoms with Gasteiger partial charge in [-0.1, -0.05) is 64.0 Å². The molecule has 5 heteroatoms. The molecule has 2 atom stereocenters. The van der Waals surface area contributed by atoms with Gasteiger partial charge in [0.15, 0.2) is 5.84 Å². The summed E-state index contributed by atoms with van der Waals surface area (Å²) in [7, 11) is 0. The van der Waals surface area contributed by atoms with E-state index in [4.69, 9.17) is 16.3 Å². The molecule has 118 valence electrons. The van der Waals surface area contributed by atoms with Crippen molar-refractivity contribution in [1.29, 1.82) is 0 Å². The third-order valence-electron chi connectivity index (χ3n) is 3.40. The molecule has 0 amide bonds. The molecule has 0 aliphatic rings. The van der Waals surface area contributed by atoms with Crippen LogP contribution in [0.25, 0.3) is 0 Å². The molecule has 0 aromatic heterocycles. The third kappa shape index (κ3) is 5.02. The quantitative estimate of drug-likeness (QED) is 0.334. The van der Waals surface area contributed by atoms with E-state index in [0.717, 1.165) is 5.56 Å². The average molecular weight is 293 g/mol. The first-order valence-electron chi connectivity index (χ1n) is 7.16. The number of hydrogen-bond donors (Lipinski definition) is 3. The predicted molar refractivity (Wildman–Crippen MR) is 85.8 cm³/mol. The molecule has 0 saturated heterocycles. The van der Waals surface area contributed by atoms with Gasteiger partial charge in [0.05, 0.1) is 6.04 Å². The number of nitrogens with two attached hydrogens (primary N) is 2. The summed E-state index contributed by atoms with van der Waals surface area (Å²) in [5.41, 5.74) is 13.7. The van der Waals surface area contributed by atoms with E-state index in [9.17, 15) is 5.11 Å². The number of aliphatic hydroxyl groups is 1. The van der Waals surface area contributed by atoms with Crippen molar-refractivity contribution in [3.63, 3.8) is 0 Å². The van der Waals surface area contributed by atoms with E-state index in [-0.39, 0.29) is 17.2 Å². The normalized spacial score (nSPS) is 15.9. The Hall–Kier alpha value is -1.59. The molecule has 1 aromatic rings. The molecule has 5 N–H and O–H groups in total. The van der Waals surface area contributed by atoms with Crippen LogP contribution >= 0.6 is 0 Å². The zero-order valence-corrected chi connectivity index (χ0v) is 13.5. The molecule has 0 aliphatic carbocycles. The fraction of sp³-hybridized carbons (Fsp3) is 0.562. The van der Waals surface area contributed by atoms with Crippen LogP contribution in [0.4, 0.5) is 0 Å². The molecular weight excluding hydrogens is 266 g/mol. The molecule has 1 aromatic carbocycles. The van der Waals surface area contributed by atoms with Crippen molar-refractivity contribution in [3.8, 4) is 0 Å². The van der Waals surface area contributed by atoms with Gasteiger partial charge in [-0.05, 0) is 16.9 Å². The number of benzene rings is 1. The molecule has 0 spiro atoms. The highest BCUT2D eigenvalue weighted by molar-refractivity contribution is 5.97. The van der Waals surface area contributed by atoms with Gasteiger partial charge in [-0.2, -0.15) is 0 Å². The highest BCUT2D eigenvalue weighted by Crippen LogP contribution is 2.22. The zero-order chi connectivity index (χ0) is 16.2. The zero-order valence-electron chi connectivity index (χ0n) is 13.5. The number of nitrogens with zero attached hydrogens (tertiary/aromatic N) is 1. The maximum absolute atomic E-state index is 9.72. The average Bonchev–Trinajstić information content (AvgIpc) is 2.42. The maximum atomic E-state index is 9.72. The van der Waals surface area contributed by atoms with Crippen LogP contribution in [0.3, 0.4) is 0 Å². The lowest BCUT2D eigenvalue weighted by Gasteiger charge is -2.20. The Kier molecular flexibility index (Phi) is 5.75. The molecular formula is C16H27N3O2. The highest BCUT2D eigenvalue weighted by Gasteiger charge is 2.20. The SMILES string of the molecule is CC(C)[C@H](N)C(O)O/N=C(\N)c1ccc(C(C)(C)C)cc1. The number of aliphatic hydroxyl groups excluding tert-OH is 1. The van der Waals surface area contributed by atoms with Crippen LogP contribution in [0, 0.1) is 5.92 Å². The molecule has 0 bridgehead atoms. The minimum atomic E-state index is -1.17. The van der Waals surface area contributed by atoms with Gasteiger partial charge in [0.25, 0.3) is 0 Å². The second-order valence-corrected chi connectivity index (χ2v) is 6.62. The number of rotatable bonds is 5. The van der Waals surface area contributed by atoms with E-state index in [1.165, 1.54) is 5.56 Å². The molecule has 0 radical (unpaired) electrons. The standard InChI is InChI=1S/C16H27N3O2/c1-10(2)13(17)15(20)21-19-14(18)11-6-8-12(9-7-11)16(3,4)5/h6-10,13,15,20H,17H2,1-5H3,(H2,18,19)/t13-,15?/m0/s1. The van der Waals surface area contributed by atoms with Crippen LogP contribution in [-0.2, 0) is 10.3 Å². The van der Waals surface area contributed by atoms with Crippen LogP contribution in [0.1, 0.15) is 45.7 Å². The van der Waals surface area contributed by atoms with Crippen molar-refractivity contribution in [2.75, 3.05) is 0 Å². The first-order chi connectivity index (χ1) is 9.62. The summed E-state index contributed by atoms with van der Waals surface area (Å²) < 4.78 is 0. The smallest absolute Gasteiger partial charge is 0.240 e. The first-order valence-corrected chi connectivity index (χ1v) is 7.16. The van der Waals surface area contributed by atoms with Gasteiger partial charge in [0.1, 0.15) is 0 Å². The Labute approximate surface area is 127 Å². The van der Waals surface area contributed by atoms with Gasteiger partial charge >= 0.3 is 0 Å². The predicted octanol–water partition coefficient (Wildman–Crippen LogP) is 1.92. The maximum Gasteiger partial charge on any atom is 0.240 e. The van der Waals surface area contributed by atoms with E-state index in [1.807, 2.05) is 38.1 Å². The summed E-state index contributed by atoms with van der Waals surface area (Å²) >= 11 is 0. The minimum Gasteiger partial charge on any atom is -0.380 e. The van der Waals surface area contributed by atoms with Crippen LogP contribution < -0.4 is 11.5 Å². The van der Waals surface area contributed by atoms with Gasteiger partial charge in [0.2, 0.25) is 6.29 Å². The fourth-order valence-electron chi connectivity index (χ4n) is 1.70. The van der Waals surface area contributed by atoms with E-state index in [1.54, 1.807) is 0 Å². The number of oxime groups is 1. The van der Waals surface area contributed by atoms with Crippen molar-refractivity contribution < 1.29 is 9.94 Å². The summed E-state index contributed by atoms with van der Waals surface area (Å²) in [6.07, 6.45) is -1.17. The van der Waals surface area contributed by atoms with Crippen molar-refractivity contribution in [1.82, 2.24) is 0 Å². The molecule has 0 fully saturated rings. The van der Waals surface area contributed by atoms with E-state index < -0.39 is 12.3 Å². The summed E-state index contributed by atoms with van der Waals surface area (Å²) in [6.45, 7) is 10.2. The molecule has 0 heterocycles. The van der Waals surface area contributed by atoms with E-state index in [0.29, 0.717) is 0 Å². The lowest BCUT2D eigenvalue weighted by atomic mass is 9.87. The van der Waals surface area contributed by atoms with Crippen LogP contribution in [0.5, 0.6) is 0 Å². The molecule has 21 heavy (non-hydrogen) atoms. The number of amidine groups is 1. The Balaban J connectivity index is 2.75. The van der Waals surface area contributed by atoms with Crippen molar-refractivity contribution in [2.24, 2.45) is 22.5 Å².